The third-order valence-electron chi connectivity index (χ3n) is 4.45. The van der Waals surface area contributed by atoms with E-state index in [1.165, 1.54) is 6.42 Å². The summed E-state index contributed by atoms with van der Waals surface area (Å²) in [4.78, 5) is 14.2. The van der Waals surface area contributed by atoms with Gasteiger partial charge >= 0.3 is 0 Å². The zero-order chi connectivity index (χ0) is 15.2. The second kappa shape index (κ2) is 7.46. The third kappa shape index (κ3) is 3.97. The van der Waals surface area contributed by atoms with Gasteiger partial charge in [0.1, 0.15) is 5.75 Å². The van der Waals surface area contributed by atoms with Gasteiger partial charge in [-0.25, -0.2) is 0 Å². The highest BCUT2D eigenvalue weighted by atomic mass is 16.5. The van der Waals surface area contributed by atoms with Crippen molar-refractivity contribution in [2.75, 3.05) is 13.7 Å². The Morgan fingerprint density at radius 3 is 2.86 bits per heavy atom. The number of amides is 1. The molecule has 1 unspecified atom stereocenters. The van der Waals surface area contributed by atoms with Gasteiger partial charge in [0.25, 0.3) is 0 Å². The molecule has 1 aromatic rings. The highest BCUT2D eigenvalue weighted by Gasteiger charge is 2.21. The Hall–Kier alpha value is -1.55. The van der Waals surface area contributed by atoms with Gasteiger partial charge in [-0.2, -0.15) is 0 Å². The molecule has 21 heavy (non-hydrogen) atoms. The minimum absolute atomic E-state index is 0.271. The van der Waals surface area contributed by atoms with Crippen LogP contribution in [-0.4, -0.2) is 24.5 Å². The van der Waals surface area contributed by atoms with Crippen LogP contribution in [0.2, 0.25) is 0 Å². The molecule has 0 aromatic heterocycles. The molecule has 4 heteroatoms. The summed E-state index contributed by atoms with van der Waals surface area (Å²) in [6, 6.07) is 6.03. The number of rotatable bonds is 5. The summed E-state index contributed by atoms with van der Waals surface area (Å²) < 4.78 is 5.37. The van der Waals surface area contributed by atoms with Crippen molar-refractivity contribution >= 4 is 5.91 Å². The standard InChI is InChI=1S/C17H26N2O2/c1-3-13-5-7-17(20)19(9-8-13)12-14-4-6-15(11-18)16(10-14)21-2/h4,6,10,13H,3,5,7-9,11-12,18H2,1-2H3. The van der Waals surface area contributed by atoms with Gasteiger partial charge in [-0.1, -0.05) is 25.5 Å². The van der Waals surface area contributed by atoms with Crippen LogP contribution in [0, 0.1) is 5.92 Å². The number of nitrogens with two attached hydrogens (primary N) is 1. The minimum Gasteiger partial charge on any atom is -0.496 e. The number of likely N-dealkylation sites (tertiary alicyclic amines) is 1. The van der Waals surface area contributed by atoms with E-state index in [1.807, 2.05) is 23.1 Å². The predicted molar refractivity (Wildman–Crippen MR) is 83.9 cm³/mol. The van der Waals surface area contributed by atoms with Crippen molar-refractivity contribution in [2.24, 2.45) is 11.7 Å². The minimum atomic E-state index is 0.271. The summed E-state index contributed by atoms with van der Waals surface area (Å²) in [5, 5.41) is 0. The normalized spacial score (nSPS) is 19.5. The van der Waals surface area contributed by atoms with Crippen LogP contribution in [0.15, 0.2) is 18.2 Å². The number of ether oxygens (including phenoxy) is 1. The number of hydrogen-bond acceptors (Lipinski definition) is 3. The summed E-state index contributed by atoms with van der Waals surface area (Å²) in [6.45, 7) is 4.19. The summed E-state index contributed by atoms with van der Waals surface area (Å²) in [5.74, 6) is 1.77. The molecule has 1 aromatic carbocycles. The Morgan fingerprint density at radius 2 is 2.19 bits per heavy atom. The van der Waals surface area contributed by atoms with Gasteiger partial charge in [-0.05, 0) is 30.4 Å². The second-order valence-corrected chi connectivity index (χ2v) is 5.77. The Kier molecular flexibility index (Phi) is 5.62. The Bertz CT molecular complexity index is 488. The van der Waals surface area contributed by atoms with Crippen molar-refractivity contribution < 1.29 is 9.53 Å². The first-order valence-electron chi connectivity index (χ1n) is 7.81. The molecule has 0 radical (unpaired) electrons. The summed E-state index contributed by atoms with van der Waals surface area (Å²) in [5.41, 5.74) is 7.79. The van der Waals surface area contributed by atoms with Crippen molar-refractivity contribution in [1.29, 1.82) is 0 Å². The molecule has 0 aliphatic carbocycles. The topological polar surface area (TPSA) is 55.6 Å². The molecule has 4 nitrogen and oxygen atoms in total. The second-order valence-electron chi connectivity index (χ2n) is 5.77. The number of benzene rings is 1. The molecule has 116 valence electrons. The smallest absolute Gasteiger partial charge is 0.222 e. The van der Waals surface area contributed by atoms with E-state index in [0.717, 1.165) is 36.3 Å². The predicted octanol–water partition coefficient (Wildman–Crippen LogP) is 2.69. The maximum absolute atomic E-state index is 12.2. The first-order valence-corrected chi connectivity index (χ1v) is 7.81. The number of nitrogens with zero attached hydrogens (tertiary/aromatic N) is 1. The van der Waals surface area contributed by atoms with E-state index in [-0.39, 0.29) is 5.91 Å². The van der Waals surface area contributed by atoms with Crippen LogP contribution in [0.25, 0.3) is 0 Å². The fourth-order valence-electron chi connectivity index (χ4n) is 2.94. The fraction of sp³-hybridized carbons (Fsp3) is 0.588. The fourth-order valence-corrected chi connectivity index (χ4v) is 2.94. The van der Waals surface area contributed by atoms with Gasteiger partial charge in [0.15, 0.2) is 0 Å². The quantitative estimate of drug-likeness (QED) is 0.907. The SMILES string of the molecule is CCC1CCC(=O)N(Cc2ccc(CN)c(OC)c2)CC1. The van der Waals surface area contributed by atoms with Crippen molar-refractivity contribution in [2.45, 2.75) is 45.7 Å². The van der Waals surface area contributed by atoms with Crippen LogP contribution in [0.3, 0.4) is 0 Å². The molecule has 0 bridgehead atoms. The molecule has 1 heterocycles. The van der Waals surface area contributed by atoms with Crippen molar-refractivity contribution in [1.82, 2.24) is 4.90 Å². The maximum Gasteiger partial charge on any atom is 0.222 e. The largest absolute Gasteiger partial charge is 0.496 e. The van der Waals surface area contributed by atoms with Gasteiger partial charge in [0.05, 0.1) is 7.11 Å². The molecule has 1 aliphatic heterocycles. The molecule has 1 aliphatic rings. The lowest BCUT2D eigenvalue weighted by molar-refractivity contribution is -0.131. The molecule has 2 N–H and O–H groups in total. The molecule has 1 atom stereocenters. The number of methoxy groups -OCH3 is 1. The lowest BCUT2D eigenvalue weighted by Gasteiger charge is -2.21. The molecule has 1 saturated heterocycles. The number of hydrogen-bond donors (Lipinski definition) is 1. The van der Waals surface area contributed by atoms with E-state index in [1.54, 1.807) is 7.11 Å². The van der Waals surface area contributed by atoms with Crippen LogP contribution in [0.5, 0.6) is 5.75 Å². The molecule has 0 spiro atoms. The van der Waals surface area contributed by atoms with Gasteiger partial charge < -0.3 is 15.4 Å². The Morgan fingerprint density at radius 1 is 1.38 bits per heavy atom. The summed E-state index contributed by atoms with van der Waals surface area (Å²) in [6.07, 6.45) is 3.98. The maximum atomic E-state index is 12.2. The van der Waals surface area contributed by atoms with Crippen LogP contribution in [0.4, 0.5) is 0 Å². The van der Waals surface area contributed by atoms with Crippen LogP contribution < -0.4 is 10.5 Å². The zero-order valence-electron chi connectivity index (χ0n) is 13.1. The highest BCUT2D eigenvalue weighted by Crippen LogP contribution is 2.24. The molecular formula is C17H26N2O2. The van der Waals surface area contributed by atoms with E-state index >= 15 is 0 Å². The first-order chi connectivity index (χ1) is 10.2. The van der Waals surface area contributed by atoms with E-state index in [2.05, 4.69) is 6.92 Å². The monoisotopic (exact) mass is 290 g/mol. The van der Waals surface area contributed by atoms with Crippen molar-refractivity contribution in [3.63, 3.8) is 0 Å². The van der Waals surface area contributed by atoms with Crippen molar-refractivity contribution in [3.05, 3.63) is 29.3 Å². The Balaban J connectivity index is 2.08. The van der Waals surface area contributed by atoms with E-state index in [4.69, 9.17) is 10.5 Å². The molecule has 0 saturated carbocycles. The summed E-state index contributed by atoms with van der Waals surface area (Å²) in [7, 11) is 1.65. The van der Waals surface area contributed by atoms with Crippen molar-refractivity contribution in [3.8, 4) is 5.75 Å². The Labute approximate surface area is 127 Å². The summed E-state index contributed by atoms with van der Waals surface area (Å²) >= 11 is 0. The molecule has 1 amide bonds. The highest BCUT2D eigenvalue weighted by molar-refractivity contribution is 5.76. The number of carbonyl (C=O) groups excluding carboxylic acids is 1. The average Bonchev–Trinajstić information content (AvgIpc) is 2.69. The van der Waals surface area contributed by atoms with Crippen LogP contribution >= 0.6 is 0 Å². The first kappa shape index (κ1) is 15.8. The van der Waals surface area contributed by atoms with E-state index < -0.39 is 0 Å². The van der Waals surface area contributed by atoms with Gasteiger partial charge in [-0.3, -0.25) is 4.79 Å². The van der Waals surface area contributed by atoms with Gasteiger partial charge in [0.2, 0.25) is 5.91 Å². The molecule has 1 fully saturated rings. The lowest BCUT2D eigenvalue weighted by atomic mass is 9.98. The zero-order valence-corrected chi connectivity index (χ0v) is 13.1. The van der Waals surface area contributed by atoms with E-state index in [0.29, 0.717) is 25.4 Å². The third-order valence-corrected chi connectivity index (χ3v) is 4.45. The average molecular weight is 290 g/mol. The molecule has 2 rings (SSSR count). The molecular weight excluding hydrogens is 264 g/mol. The van der Waals surface area contributed by atoms with Crippen LogP contribution in [-0.2, 0) is 17.9 Å². The number of carbonyl (C=O) groups is 1. The lowest BCUT2D eigenvalue weighted by Crippen LogP contribution is -2.29. The van der Waals surface area contributed by atoms with E-state index in [9.17, 15) is 4.79 Å². The van der Waals surface area contributed by atoms with Crippen LogP contribution in [0.1, 0.15) is 43.7 Å². The van der Waals surface area contributed by atoms with Gasteiger partial charge in [-0.15, -0.1) is 0 Å². The van der Waals surface area contributed by atoms with Gasteiger partial charge in [0, 0.05) is 31.6 Å².